The maximum Gasteiger partial charge on any atom is 0.311 e. The van der Waals surface area contributed by atoms with Crippen LogP contribution in [-0.4, -0.2) is 48.0 Å². The van der Waals surface area contributed by atoms with Gasteiger partial charge in [-0.05, 0) is 36.7 Å². The number of anilines is 3. The summed E-state index contributed by atoms with van der Waals surface area (Å²) in [5.74, 6) is 0.249. The van der Waals surface area contributed by atoms with E-state index >= 15 is 0 Å². The Morgan fingerprint density at radius 3 is 2.67 bits per heavy atom. The number of benzene rings is 2. The van der Waals surface area contributed by atoms with E-state index in [0.29, 0.717) is 0 Å². The molecule has 0 bridgehead atoms. The average Bonchev–Trinajstić information content (AvgIpc) is 2.68. The van der Waals surface area contributed by atoms with Crippen LogP contribution in [0, 0.1) is 10.1 Å². The van der Waals surface area contributed by atoms with Gasteiger partial charge in [0.2, 0.25) is 5.82 Å². The molecule has 0 aliphatic carbocycles. The highest BCUT2D eigenvalue weighted by Gasteiger charge is 2.17. The van der Waals surface area contributed by atoms with Crippen LogP contribution in [-0.2, 0) is 0 Å². The van der Waals surface area contributed by atoms with Gasteiger partial charge in [-0.2, -0.15) is 0 Å². The van der Waals surface area contributed by atoms with Crippen molar-refractivity contribution in [2.24, 2.45) is 0 Å². The van der Waals surface area contributed by atoms with Gasteiger partial charge < -0.3 is 15.1 Å². The first kappa shape index (κ1) is 17.2. The van der Waals surface area contributed by atoms with E-state index < -0.39 is 4.92 Å². The predicted octanol–water partition coefficient (Wildman–Crippen LogP) is 3.64. The van der Waals surface area contributed by atoms with Crippen molar-refractivity contribution in [3.8, 4) is 0 Å². The molecule has 0 unspecified atom stereocenters. The molecule has 7 nitrogen and oxygen atoms in total. The van der Waals surface area contributed by atoms with Crippen LogP contribution >= 0.6 is 0 Å². The fourth-order valence-electron chi connectivity index (χ4n) is 3.43. The number of pyridine rings is 1. The standard InChI is InChI=1S/C20H21N5O2/c1-23-10-12-24(13-11-23)18-5-2-4-15-7-8-16(14-17(15)18)22-20-19(25(26)27)6-3-9-21-20/h2-9,14H,10-13H2,1H3,(H,21,22). The number of fused-ring (bicyclic) bond motifs is 1. The quantitative estimate of drug-likeness (QED) is 0.563. The third-order valence-corrected chi connectivity index (χ3v) is 4.95. The number of hydrogen-bond donors (Lipinski definition) is 1. The molecule has 1 aromatic heterocycles. The Morgan fingerprint density at radius 2 is 1.89 bits per heavy atom. The molecule has 3 aromatic rings. The molecule has 0 saturated carbocycles. The summed E-state index contributed by atoms with van der Waals surface area (Å²) < 4.78 is 0. The molecule has 0 amide bonds. The molecule has 4 rings (SSSR count). The van der Waals surface area contributed by atoms with E-state index in [-0.39, 0.29) is 11.5 Å². The Morgan fingerprint density at radius 1 is 1.07 bits per heavy atom. The molecular formula is C20H21N5O2. The molecule has 2 heterocycles. The Balaban J connectivity index is 1.70. The second-order valence-electron chi connectivity index (χ2n) is 6.76. The van der Waals surface area contributed by atoms with Gasteiger partial charge in [0.05, 0.1) is 4.92 Å². The summed E-state index contributed by atoms with van der Waals surface area (Å²) in [6.07, 6.45) is 1.55. The topological polar surface area (TPSA) is 74.5 Å². The molecule has 27 heavy (non-hydrogen) atoms. The van der Waals surface area contributed by atoms with Gasteiger partial charge >= 0.3 is 5.69 Å². The van der Waals surface area contributed by atoms with Crippen molar-refractivity contribution < 1.29 is 4.92 Å². The molecule has 1 saturated heterocycles. The second-order valence-corrected chi connectivity index (χ2v) is 6.76. The van der Waals surface area contributed by atoms with Crippen molar-refractivity contribution in [1.29, 1.82) is 0 Å². The van der Waals surface area contributed by atoms with Gasteiger partial charge in [0, 0.05) is 55.2 Å². The summed E-state index contributed by atoms with van der Waals surface area (Å²) in [6.45, 7) is 4.04. The van der Waals surface area contributed by atoms with Crippen LogP contribution in [0.15, 0.2) is 54.7 Å². The van der Waals surface area contributed by atoms with E-state index in [1.165, 1.54) is 11.8 Å². The molecule has 1 fully saturated rings. The number of nitrogens with one attached hydrogen (secondary N) is 1. The first-order valence-corrected chi connectivity index (χ1v) is 8.94. The van der Waals surface area contributed by atoms with Gasteiger partial charge in [-0.25, -0.2) is 4.98 Å². The lowest BCUT2D eigenvalue weighted by molar-refractivity contribution is -0.384. The summed E-state index contributed by atoms with van der Waals surface area (Å²) in [4.78, 5) is 19.7. The van der Waals surface area contributed by atoms with Crippen LogP contribution in [0.25, 0.3) is 10.8 Å². The first-order chi connectivity index (χ1) is 13.1. The van der Waals surface area contributed by atoms with Crippen molar-refractivity contribution in [1.82, 2.24) is 9.88 Å². The number of hydrogen-bond acceptors (Lipinski definition) is 6. The summed E-state index contributed by atoms with van der Waals surface area (Å²) in [5.41, 5.74) is 1.94. The minimum atomic E-state index is -0.425. The van der Waals surface area contributed by atoms with E-state index in [9.17, 15) is 10.1 Å². The zero-order chi connectivity index (χ0) is 18.8. The molecule has 0 radical (unpaired) electrons. The van der Waals surface area contributed by atoms with Gasteiger partial charge in [-0.3, -0.25) is 10.1 Å². The number of nitrogens with zero attached hydrogens (tertiary/aromatic N) is 4. The van der Waals surface area contributed by atoms with Crippen LogP contribution in [0.3, 0.4) is 0 Å². The lowest BCUT2D eigenvalue weighted by Crippen LogP contribution is -2.44. The molecule has 1 aliphatic rings. The van der Waals surface area contributed by atoms with Gasteiger partial charge in [0.15, 0.2) is 0 Å². The molecule has 7 heteroatoms. The number of rotatable bonds is 4. The summed E-state index contributed by atoms with van der Waals surface area (Å²) in [7, 11) is 2.14. The lowest BCUT2D eigenvalue weighted by Gasteiger charge is -2.34. The normalized spacial score (nSPS) is 15.1. The van der Waals surface area contributed by atoms with Crippen LogP contribution in [0.4, 0.5) is 22.9 Å². The lowest BCUT2D eigenvalue weighted by atomic mass is 10.1. The summed E-state index contributed by atoms with van der Waals surface area (Å²) in [5, 5.41) is 16.6. The Labute approximate surface area is 157 Å². The number of nitro groups is 1. The highest BCUT2D eigenvalue weighted by molar-refractivity contribution is 5.97. The third kappa shape index (κ3) is 3.54. The van der Waals surface area contributed by atoms with Gasteiger partial charge in [-0.15, -0.1) is 0 Å². The summed E-state index contributed by atoms with van der Waals surface area (Å²) >= 11 is 0. The zero-order valence-corrected chi connectivity index (χ0v) is 15.1. The van der Waals surface area contributed by atoms with Gasteiger partial charge in [0.1, 0.15) is 0 Å². The van der Waals surface area contributed by atoms with Crippen molar-refractivity contribution >= 4 is 33.7 Å². The molecule has 0 atom stereocenters. The maximum atomic E-state index is 11.2. The Bertz CT molecular complexity index is 983. The van der Waals surface area contributed by atoms with E-state index in [4.69, 9.17) is 0 Å². The fraction of sp³-hybridized carbons (Fsp3) is 0.250. The van der Waals surface area contributed by atoms with Crippen LogP contribution in [0.1, 0.15) is 0 Å². The largest absolute Gasteiger partial charge is 0.368 e. The zero-order valence-electron chi connectivity index (χ0n) is 15.1. The number of likely N-dealkylation sites (N-methyl/N-ethyl adjacent to an activating group) is 1. The molecule has 1 aliphatic heterocycles. The molecule has 138 valence electrons. The van der Waals surface area contributed by atoms with Crippen LogP contribution < -0.4 is 10.2 Å². The number of aromatic nitrogens is 1. The monoisotopic (exact) mass is 363 g/mol. The average molecular weight is 363 g/mol. The van der Waals surface area contributed by atoms with E-state index in [1.54, 1.807) is 12.3 Å². The predicted molar refractivity (Wildman–Crippen MR) is 108 cm³/mol. The highest BCUT2D eigenvalue weighted by atomic mass is 16.6. The van der Waals surface area contributed by atoms with Gasteiger partial charge in [0.25, 0.3) is 0 Å². The minimum Gasteiger partial charge on any atom is -0.368 e. The fourth-order valence-corrected chi connectivity index (χ4v) is 3.43. The van der Waals surface area contributed by atoms with Crippen molar-refractivity contribution in [3.63, 3.8) is 0 Å². The third-order valence-electron chi connectivity index (χ3n) is 4.95. The second kappa shape index (κ2) is 7.20. The SMILES string of the molecule is CN1CCN(c2cccc3ccc(Nc4ncccc4[N+](=O)[O-])cc23)CC1. The molecular weight excluding hydrogens is 342 g/mol. The Hall–Kier alpha value is -3.19. The number of piperazine rings is 1. The smallest absolute Gasteiger partial charge is 0.311 e. The van der Waals surface area contributed by atoms with E-state index in [1.807, 2.05) is 18.2 Å². The molecule has 2 aromatic carbocycles. The van der Waals surface area contributed by atoms with Crippen molar-refractivity contribution in [2.45, 2.75) is 0 Å². The van der Waals surface area contributed by atoms with Crippen LogP contribution in [0.5, 0.6) is 0 Å². The Kier molecular flexibility index (Phi) is 4.60. The van der Waals surface area contributed by atoms with Crippen molar-refractivity contribution in [3.05, 3.63) is 64.8 Å². The highest BCUT2D eigenvalue weighted by Crippen LogP contribution is 2.32. The van der Waals surface area contributed by atoms with Crippen LogP contribution in [0.2, 0.25) is 0 Å². The minimum absolute atomic E-state index is 0.0371. The van der Waals surface area contributed by atoms with Crippen molar-refractivity contribution in [2.75, 3.05) is 43.4 Å². The van der Waals surface area contributed by atoms with E-state index in [2.05, 4.69) is 45.3 Å². The van der Waals surface area contributed by atoms with Gasteiger partial charge in [-0.1, -0.05) is 18.2 Å². The molecule has 1 N–H and O–H groups in total. The van der Waals surface area contributed by atoms with E-state index in [0.717, 1.165) is 42.6 Å². The summed E-state index contributed by atoms with van der Waals surface area (Å²) in [6, 6.07) is 15.3. The molecule has 0 spiro atoms. The first-order valence-electron chi connectivity index (χ1n) is 8.94. The maximum absolute atomic E-state index is 11.2.